The number of hydrogen-bond donors (Lipinski definition) is 0. The van der Waals surface area contributed by atoms with Crippen LogP contribution in [-0.2, 0) is 4.74 Å². The molecule has 0 bridgehead atoms. The van der Waals surface area contributed by atoms with E-state index in [9.17, 15) is 8.78 Å². The van der Waals surface area contributed by atoms with Crippen LogP contribution in [0.5, 0.6) is 0 Å². The van der Waals surface area contributed by atoms with E-state index in [1.54, 1.807) is 29.3 Å². The van der Waals surface area contributed by atoms with Gasteiger partial charge in [0.2, 0.25) is 0 Å². The molecule has 1 aliphatic rings. The van der Waals surface area contributed by atoms with Crippen LogP contribution in [0, 0.1) is 0 Å². The van der Waals surface area contributed by atoms with Crippen molar-refractivity contribution < 1.29 is 13.5 Å². The van der Waals surface area contributed by atoms with Crippen LogP contribution in [0.15, 0.2) is 54.7 Å². The van der Waals surface area contributed by atoms with Gasteiger partial charge in [0.1, 0.15) is 11.5 Å². The van der Waals surface area contributed by atoms with E-state index in [1.807, 2.05) is 24.3 Å². The first-order valence-corrected chi connectivity index (χ1v) is 7.82. The number of aromatic nitrogens is 3. The molecule has 1 atom stereocenters. The lowest BCUT2D eigenvalue weighted by Crippen LogP contribution is -2.13. The molecular weight excluding hydrogens is 319 g/mol. The summed E-state index contributed by atoms with van der Waals surface area (Å²) < 4.78 is 32.9. The number of nitrogens with zero attached hydrogens (tertiary/aromatic N) is 3. The van der Waals surface area contributed by atoms with Crippen molar-refractivity contribution in [3.63, 3.8) is 0 Å². The van der Waals surface area contributed by atoms with E-state index in [0.29, 0.717) is 12.1 Å². The van der Waals surface area contributed by atoms with Gasteiger partial charge in [-0.2, -0.15) is 13.9 Å². The van der Waals surface area contributed by atoms with Gasteiger partial charge in [-0.15, -0.1) is 0 Å². The van der Waals surface area contributed by atoms with Gasteiger partial charge in [-0.25, -0.2) is 4.68 Å². The van der Waals surface area contributed by atoms with E-state index in [0.717, 1.165) is 24.1 Å². The van der Waals surface area contributed by atoms with Gasteiger partial charge in [-0.1, -0.05) is 12.1 Å². The Labute approximate surface area is 135 Å². The normalized spacial score (nSPS) is 15.6. The molecule has 0 fully saturated rings. The highest BCUT2D eigenvalue weighted by Gasteiger charge is 2.27. The molecule has 4 nitrogen and oxygen atoms in total. The molecule has 0 aromatic carbocycles. The summed E-state index contributed by atoms with van der Waals surface area (Å²) in [5, 5.41) is 4.27. The summed E-state index contributed by atoms with van der Waals surface area (Å²) in [5.41, 5.74) is 2.11. The molecule has 0 saturated heterocycles. The fraction of sp³-hybridized carbons (Fsp3) is 0.250. The first-order chi connectivity index (χ1) is 11.0. The first kappa shape index (κ1) is 15.8. The van der Waals surface area contributed by atoms with Gasteiger partial charge in [-0.05, 0) is 40.3 Å². The van der Waals surface area contributed by atoms with Crippen molar-refractivity contribution in [3.05, 3.63) is 54.7 Å². The summed E-state index contributed by atoms with van der Waals surface area (Å²) in [6, 6.07) is 5.58. The Kier molecular flexibility index (Phi) is 4.53. The topological polar surface area (TPSA) is 39.9 Å². The molecule has 2 heterocycles. The number of pyridine rings is 1. The SMILES string of the molecule is FC(F)(P)OC1=C(n2cc(-c3ccccn3)cn2)C=CCCC1. The lowest BCUT2D eigenvalue weighted by atomic mass is 10.2. The fourth-order valence-electron chi connectivity index (χ4n) is 2.39. The van der Waals surface area contributed by atoms with Crippen molar-refractivity contribution in [1.82, 2.24) is 14.8 Å². The minimum absolute atomic E-state index is 0.231. The van der Waals surface area contributed by atoms with Crippen LogP contribution in [0.1, 0.15) is 19.3 Å². The highest BCUT2D eigenvalue weighted by molar-refractivity contribution is 7.17. The number of alkyl halides is 2. The molecule has 2 aromatic rings. The number of ether oxygens (including phenoxy) is 1. The summed E-state index contributed by atoms with van der Waals surface area (Å²) in [7, 11) is 1.40. The molecule has 0 spiro atoms. The van der Waals surface area contributed by atoms with E-state index in [-0.39, 0.29) is 5.76 Å². The number of rotatable bonds is 4. The highest BCUT2D eigenvalue weighted by atomic mass is 31.0. The molecule has 2 aromatic heterocycles. The molecule has 0 saturated carbocycles. The van der Waals surface area contributed by atoms with E-state index >= 15 is 0 Å². The lowest BCUT2D eigenvalue weighted by Gasteiger charge is -2.17. The number of halogens is 2. The van der Waals surface area contributed by atoms with Crippen molar-refractivity contribution >= 4 is 14.9 Å². The monoisotopic (exact) mass is 335 g/mol. The summed E-state index contributed by atoms with van der Waals surface area (Å²) in [4.78, 5) is 4.26. The Morgan fingerprint density at radius 3 is 2.91 bits per heavy atom. The summed E-state index contributed by atoms with van der Waals surface area (Å²) in [6.45, 7) is 0. The second-order valence-electron chi connectivity index (χ2n) is 5.16. The average molecular weight is 335 g/mol. The minimum Gasteiger partial charge on any atom is -0.432 e. The van der Waals surface area contributed by atoms with Gasteiger partial charge in [0.15, 0.2) is 0 Å². The number of hydrogen-bond acceptors (Lipinski definition) is 3. The summed E-state index contributed by atoms with van der Waals surface area (Å²) >= 11 is 0. The smallest absolute Gasteiger partial charge is 0.408 e. The molecule has 7 heteroatoms. The number of allylic oxidation sites excluding steroid dienone is 4. The Morgan fingerprint density at radius 1 is 1.30 bits per heavy atom. The third kappa shape index (κ3) is 4.02. The van der Waals surface area contributed by atoms with Crippen molar-refractivity contribution in [3.8, 4) is 11.3 Å². The van der Waals surface area contributed by atoms with E-state index in [2.05, 4.69) is 10.1 Å². The first-order valence-electron chi connectivity index (χ1n) is 7.25. The zero-order chi connectivity index (χ0) is 16.3. The third-order valence-electron chi connectivity index (χ3n) is 3.39. The van der Waals surface area contributed by atoms with Crippen LogP contribution >= 0.6 is 9.24 Å². The van der Waals surface area contributed by atoms with Crippen LogP contribution in [0.3, 0.4) is 0 Å². The second-order valence-corrected chi connectivity index (χ2v) is 5.83. The lowest BCUT2D eigenvalue weighted by molar-refractivity contribution is -0.135. The Hall–Kier alpha value is -2.07. The third-order valence-corrected chi connectivity index (χ3v) is 3.50. The standard InChI is InChI=1S/C16H16F2N3OP/c17-16(18,23)22-15-8-3-1-2-7-14(15)21-11-12(10-20-21)13-6-4-5-9-19-13/h2,4-7,9-11H,1,3,8,23H2. The van der Waals surface area contributed by atoms with E-state index in [1.165, 1.54) is 9.24 Å². The van der Waals surface area contributed by atoms with Gasteiger partial charge in [0, 0.05) is 24.4 Å². The molecule has 0 radical (unpaired) electrons. The Morgan fingerprint density at radius 2 is 2.17 bits per heavy atom. The zero-order valence-corrected chi connectivity index (χ0v) is 13.5. The maximum atomic E-state index is 13.2. The van der Waals surface area contributed by atoms with Crippen molar-refractivity contribution in [2.75, 3.05) is 0 Å². The van der Waals surface area contributed by atoms with Crippen molar-refractivity contribution in [2.45, 2.75) is 25.1 Å². The maximum absolute atomic E-state index is 13.2. The molecule has 1 unspecified atom stereocenters. The van der Waals surface area contributed by atoms with E-state index in [4.69, 9.17) is 4.74 Å². The van der Waals surface area contributed by atoms with E-state index < -0.39 is 5.85 Å². The molecule has 0 amide bonds. The maximum Gasteiger partial charge on any atom is 0.408 e. The largest absolute Gasteiger partial charge is 0.432 e. The van der Waals surface area contributed by atoms with Crippen LogP contribution in [0.4, 0.5) is 8.78 Å². The molecule has 0 N–H and O–H groups in total. The van der Waals surface area contributed by atoms with Gasteiger partial charge < -0.3 is 4.74 Å². The van der Waals surface area contributed by atoms with Crippen LogP contribution in [0.25, 0.3) is 17.0 Å². The van der Waals surface area contributed by atoms with Gasteiger partial charge >= 0.3 is 5.85 Å². The zero-order valence-electron chi connectivity index (χ0n) is 12.3. The molecule has 120 valence electrons. The highest BCUT2D eigenvalue weighted by Crippen LogP contribution is 2.33. The molecule has 1 aliphatic carbocycles. The quantitative estimate of drug-likeness (QED) is 0.782. The molecule has 3 rings (SSSR count). The molecule has 23 heavy (non-hydrogen) atoms. The minimum atomic E-state index is -3.30. The van der Waals surface area contributed by atoms with Crippen molar-refractivity contribution in [2.24, 2.45) is 0 Å². The Bertz CT molecular complexity index is 735. The fourth-order valence-corrected chi connectivity index (χ4v) is 2.53. The predicted octanol–water partition coefficient (Wildman–Crippen LogP) is 4.30. The van der Waals surface area contributed by atoms with Gasteiger partial charge in [0.05, 0.1) is 11.9 Å². The average Bonchev–Trinajstić information content (AvgIpc) is 2.89. The summed E-state index contributed by atoms with van der Waals surface area (Å²) in [6.07, 6.45) is 10.8. The Balaban J connectivity index is 1.98. The van der Waals surface area contributed by atoms with Gasteiger partial charge in [-0.3, -0.25) is 4.98 Å². The van der Waals surface area contributed by atoms with Crippen molar-refractivity contribution in [1.29, 1.82) is 0 Å². The second kappa shape index (κ2) is 6.59. The predicted molar refractivity (Wildman–Crippen MR) is 87.4 cm³/mol. The van der Waals surface area contributed by atoms with Crippen LogP contribution < -0.4 is 0 Å². The molecular formula is C16H16F2N3OP. The van der Waals surface area contributed by atoms with Crippen LogP contribution in [-0.4, -0.2) is 20.6 Å². The summed E-state index contributed by atoms with van der Waals surface area (Å²) in [5.74, 6) is -3.06. The van der Waals surface area contributed by atoms with Crippen LogP contribution in [0.2, 0.25) is 0 Å². The molecule has 0 aliphatic heterocycles. The van der Waals surface area contributed by atoms with Gasteiger partial charge in [0.25, 0.3) is 0 Å².